The fraction of sp³-hybridized carbons (Fsp3) is 0.733. The second kappa shape index (κ2) is 5.92. The Balaban J connectivity index is 2.01. The number of piperazine rings is 1. The first-order chi connectivity index (χ1) is 8.92. The van der Waals surface area contributed by atoms with E-state index in [-0.39, 0.29) is 5.54 Å². The van der Waals surface area contributed by atoms with Crippen LogP contribution in [0.25, 0.3) is 0 Å². The summed E-state index contributed by atoms with van der Waals surface area (Å²) >= 11 is 1.93. The van der Waals surface area contributed by atoms with Gasteiger partial charge in [-0.25, -0.2) is 0 Å². The van der Waals surface area contributed by atoms with Gasteiger partial charge in [0.05, 0.1) is 0 Å². The van der Waals surface area contributed by atoms with Crippen molar-refractivity contribution in [1.29, 1.82) is 0 Å². The molecule has 1 aromatic rings. The number of hydrogen-bond acceptors (Lipinski definition) is 4. The van der Waals surface area contributed by atoms with E-state index in [9.17, 15) is 0 Å². The molecule has 3 nitrogen and oxygen atoms in total. The maximum absolute atomic E-state index is 3.24. The van der Waals surface area contributed by atoms with Crippen molar-refractivity contribution in [2.45, 2.75) is 39.4 Å². The number of thiophene rings is 1. The molecule has 1 N–H and O–H groups in total. The average Bonchev–Trinajstić information content (AvgIpc) is 2.65. The van der Waals surface area contributed by atoms with Gasteiger partial charge in [-0.1, -0.05) is 0 Å². The second-order valence-electron chi connectivity index (χ2n) is 6.27. The van der Waals surface area contributed by atoms with Gasteiger partial charge >= 0.3 is 0 Å². The highest BCUT2D eigenvalue weighted by molar-refractivity contribution is 7.12. The minimum absolute atomic E-state index is 0.288. The van der Waals surface area contributed by atoms with Crippen LogP contribution in [-0.4, -0.2) is 49.1 Å². The zero-order valence-corrected chi connectivity index (χ0v) is 13.7. The van der Waals surface area contributed by atoms with E-state index in [0.717, 1.165) is 19.6 Å². The fourth-order valence-electron chi connectivity index (χ4n) is 2.72. The molecule has 2 rings (SSSR count). The molecule has 108 valence electrons. The van der Waals surface area contributed by atoms with E-state index >= 15 is 0 Å². The second-order valence-corrected chi connectivity index (χ2v) is 7.61. The molecule has 0 radical (unpaired) electrons. The van der Waals surface area contributed by atoms with Gasteiger partial charge in [-0.2, -0.15) is 0 Å². The maximum Gasteiger partial charge on any atom is 0.0296 e. The summed E-state index contributed by atoms with van der Waals surface area (Å²) in [6.07, 6.45) is 0. The Kier molecular flexibility index (Phi) is 4.66. The number of nitrogens with zero attached hydrogens (tertiary/aromatic N) is 2. The first-order valence-electron chi connectivity index (χ1n) is 7.09. The predicted octanol–water partition coefficient (Wildman–Crippen LogP) is 2.30. The predicted molar refractivity (Wildman–Crippen MR) is 83.8 cm³/mol. The van der Waals surface area contributed by atoms with Crippen molar-refractivity contribution in [3.8, 4) is 0 Å². The van der Waals surface area contributed by atoms with E-state index in [1.807, 2.05) is 18.4 Å². The van der Waals surface area contributed by atoms with Gasteiger partial charge in [-0.05, 0) is 46.5 Å². The van der Waals surface area contributed by atoms with Gasteiger partial charge in [0, 0.05) is 48.0 Å². The molecule has 1 aliphatic rings. The molecule has 0 unspecified atom stereocenters. The molecule has 0 aromatic carbocycles. The summed E-state index contributed by atoms with van der Waals surface area (Å²) in [5.74, 6) is 0. The first kappa shape index (κ1) is 15.0. The summed E-state index contributed by atoms with van der Waals surface area (Å²) in [6.45, 7) is 12.5. The Morgan fingerprint density at radius 3 is 2.74 bits per heavy atom. The molecular formula is C15H27N3S. The lowest BCUT2D eigenvalue weighted by Crippen LogP contribution is -2.57. The third-order valence-corrected chi connectivity index (χ3v) is 5.30. The Morgan fingerprint density at radius 2 is 2.11 bits per heavy atom. The van der Waals surface area contributed by atoms with E-state index in [1.54, 1.807) is 0 Å². The van der Waals surface area contributed by atoms with Crippen molar-refractivity contribution >= 4 is 11.3 Å². The van der Waals surface area contributed by atoms with Gasteiger partial charge in [0.25, 0.3) is 0 Å². The monoisotopic (exact) mass is 281 g/mol. The minimum atomic E-state index is 0.288. The van der Waals surface area contributed by atoms with Gasteiger partial charge in [-0.15, -0.1) is 11.3 Å². The molecule has 1 fully saturated rings. The molecule has 4 heteroatoms. The number of aryl methyl sites for hydroxylation is 1. The standard InChI is InChI=1S/C15H27N3S/c1-12-13(8-14(19-12)9-16-4)10-18-7-6-17(5)15(2,3)11-18/h8,16H,6-7,9-11H2,1-5H3. The fourth-order valence-corrected chi connectivity index (χ4v) is 3.79. The van der Waals surface area contributed by atoms with E-state index in [0.29, 0.717) is 0 Å². The lowest BCUT2D eigenvalue weighted by atomic mass is 9.99. The van der Waals surface area contributed by atoms with Crippen LogP contribution in [-0.2, 0) is 13.1 Å². The number of nitrogens with one attached hydrogen (secondary N) is 1. The van der Waals surface area contributed by atoms with E-state index in [2.05, 4.69) is 49.0 Å². The maximum atomic E-state index is 3.24. The lowest BCUT2D eigenvalue weighted by molar-refractivity contribution is 0.0360. The van der Waals surface area contributed by atoms with E-state index < -0.39 is 0 Å². The molecule has 0 aliphatic carbocycles. The molecule has 0 amide bonds. The summed E-state index contributed by atoms with van der Waals surface area (Å²) in [4.78, 5) is 7.99. The molecule has 1 aliphatic heterocycles. The van der Waals surface area contributed by atoms with Crippen LogP contribution in [0.2, 0.25) is 0 Å². The van der Waals surface area contributed by atoms with Crippen LogP contribution in [0.4, 0.5) is 0 Å². The summed E-state index contributed by atoms with van der Waals surface area (Å²) in [7, 11) is 4.25. The molecular weight excluding hydrogens is 254 g/mol. The Bertz CT molecular complexity index is 425. The molecule has 19 heavy (non-hydrogen) atoms. The van der Waals surface area contributed by atoms with Crippen molar-refractivity contribution in [2.75, 3.05) is 33.7 Å². The van der Waals surface area contributed by atoms with Crippen molar-refractivity contribution in [1.82, 2.24) is 15.1 Å². The van der Waals surface area contributed by atoms with Crippen molar-refractivity contribution < 1.29 is 0 Å². The molecule has 1 aromatic heterocycles. The number of rotatable bonds is 4. The summed E-state index contributed by atoms with van der Waals surface area (Å²) in [5.41, 5.74) is 1.80. The third-order valence-electron chi connectivity index (χ3n) is 4.21. The Labute approximate surface area is 121 Å². The number of likely N-dealkylation sites (N-methyl/N-ethyl adjacent to an activating group) is 1. The quantitative estimate of drug-likeness (QED) is 0.913. The minimum Gasteiger partial charge on any atom is -0.315 e. The summed E-state index contributed by atoms with van der Waals surface area (Å²) in [5, 5.41) is 3.24. The zero-order valence-electron chi connectivity index (χ0n) is 12.9. The largest absolute Gasteiger partial charge is 0.315 e. The molecule has 0 spiro atoms. The van der Waals surface area contributed by atoms with Crippen molar-refractivity contribution in [3.63, 3.8) is 0 Å². The molecule has 0 bridgehead atoms. The smallest absolute Gasteiger partial charge is 0.0296 e. The molecule has 1 saturated heterocycles. The SMILES string of the molecule is CNCc1cc(CN2CCN(C)C(C)(C)C2)c(C)s1. The van der Waals surface area contributed by atoms with Crippen LogP contribution in [0.1, 0.15) is 29.2 Å². The van der Waals surface area contributed by atoms with Crippen molar-refractivity contribution in [3.05, 3.63) is 21.4 Å². The average molecular weight is 281 g/mol. The summed E-state index contributed by atoms with van der Waals surface area (Å²) < 4.78 is 0. The topological polar surface area (TPSA) is 18.5 Å². The van der Waals surface area contributed by atoms with Gasteiger partial charge in [0.2, 0.25) is 0 Å². The van der Waals surface area contributed by atoms with Crippen LogP contribution in [0.5, 0.6) is 0 Å². The van der Waals surface area contributed by atoms with E-state index in [4.69, 9.17) is 0 Å². The summed E-state index contributed by atoms with van der Waals surface area (Å²) in [6, 6.07) is 2.38. The lowest BCUT2D eigenvalue weighted by Gasteiger charge is -2.45. The van der Waals surface area contributed by atoms with Crippen LogP contribution >= 0.6 is 11.3 Å². The molecule has 2 heterocycles. The highest BCUT2D eigenvalue weighted by Gasteiger charge is 2.31. The van der Waals surface area contributed by atoms with Crippen LogP contribution in [0, 0.1) is 6.92 Å². The molecule has 0 atom stereocenters. The normalized spacial score (nSPS) is 20.9. The third kappa shape index (κ3) is 3.57. The first-order valence-corrected chi connectivity index (χ1v) is 7.90. The molecule has 0 saturated carbocycles. The number of hydrogen-bond donors (Lipinski definition) is 1. The highest BCUT2D eigenvalue weighted by atomic mass is 32.1. The Morgan fingerprint density at radius 1 is 1.37 bits per heavy atom. The Hall–Kier alpha value is -0.420. The van der Waals surface area contributed by atoms with Gasteiger partial charge in [0.15, 0.2) is 0 Å². The van der Waals surface area contributed by atoms with Crippen LogP contribution < -0.4 is 5.32 Å². The highest BCUT2D eigenvalue weighted by Crippen LogP contribution is 2.25. The van der Waals surface area contributed by atoms with E-state index in [1.165, 1.54) is 28.4 Å². The van der Waals surface area contributed by atoms with Gasteiger partial charge < -0.3 is 5.32 Å². The van der Waals surface area contributed by atoms with Crippen LogP contribution in [0.15, 0.2) is 6.07 Å². The van der Waals surface area contributed by atoms with Gasteiger partial charge in [-0.3, -0.25) is 9.80 Å². The zero-order chi connectivity index (χ0) is 14.0. The van der Waals surface area contributed by atoms with Crippen LogP contribution in [0.3, 0.4) is 0 Å². The van der Waals surface area contributed by atoms with Gasteiger partial charge in [0.1, 0.15) is 0 Å². The van der Waals surface area contributed by atoms with Crippen molar-refractivity contribution in [2.24, 2.45) is 0 Å².